The van der Waals surface area contributed by atoms with Gasteiger partial charge in [0.1, 0.15) is 0 Å². The van der Waals surface area contributed by atoms with Crippen molar-refractivity contribution in [3.63, 3.8) is 0 Å². The van der Waals surface area contributed by atoms with Gasteiger partial charge in [0.25, 0.3) is 0 Å². The van der Waals surface area contributed by atoms with E-state index in [9.17, 15) is 13.2 Å². The van der Waals surface area contributed by atoms with Crippen LogP contribution in [0.2, 0.25) is 0 Å². The molecule has 0 aliphatic carbocycles. The highest BCUT2D eigenvalue weighted by atomic mass is 35.5. The summed E-state index contributed by atoms with van der Waals surface area (Å²) in [5, 5.41) is 0. The van der Waals surface area contributed by atoms with E-state index in [1.54, 1.807) is 42.0 Å². The van der Waals surface area contributed by atoms with Crippen molar-refractivity contribution in [1.82, 2.24) is 9.44 Å². The topological polar surface area (TPSA) is 84.5 Å². The van der Waals surface area contributed by atoms with Crippen LogP contribution in [0.25, 0.3) is 0 Å². The van der Waals surface area contributed by atoms with Crippen molar-refractivity contribution >= 4 is 27.9 Å². The minimum atomic E-state index is -4.07. The first-order valence-electron chi connectivity index (χ1n) is 5.34. The van der Waals surface area contributed by atoms with Gasteiger partial charge in [0.05, 0.1) is 12.6 Å². The van der Waals surface area contributed by atoms with Gasteiger partial charge in [0.2, 0.25) is 0 Å². The van der Waals surface area contributed by atoms with E-state index in [1.807, 2.05) is 0 Å². The number of ether oxygens (including phenoxy) is 1. The van der Waals surface area contributed by atoms with Gasteiger partial charge in [0, 0.05) is 5.88 Å². The van der Waals surface area contributed by atoms with Crippen LogP contribution in [-0.2, 0) is 20.5 Å². The first-order valence-corrected chi connectivity index (χ1v) is 7.36. The third-order valence-electron chi connectivity index (χ3n) is 2.44. The highest BCUT2D eigenvalue weighted by Gasteiger charge is 2.31. The molecule has 1 rings (SSSR count). The third-order valence-corrected chi connectivity index (χ3v) is 4.13. The second-order valence-corrected chi connectivity index (χ2v) is 5.71. The number of halogens is 1. The van der Waals surface area contributed by atoms with Crippen LogP contribution < -0.4 is 9.44 Å². The van der Waals surface area contributed by atoms with Crippen LogP contribution in [0.15, 0.2) is 30.3 Å². The van der Waals surface area contributed by atoms with Crippen molar-refractivity contribution in [3.8, 4) is 0 Å². The van der Waals surface area contributed by atoms with Crippen molar-refractivity contribution in [2.24, 2.45) is 0 Å². The van der Waals surface area contributed by atoms with Crippen molar-refractivity contribution < 1.29 is 17.9 Å². The fourth-order valence-corrected chi connectivity index (χ4v) is 2.88. The van der Waals surface area contributed by atoms with Gasteiger partial charge >= 0.3 is 16.3 Å². The molecule has 0 aliphatic rings. The van der Waals surface area contributed by atoms with Crippen molar-refractivity contribution in [2.75, 3.05) is 13.0 Å². The summed E-state index contributed by atoms with van der Waals surface area (Å²) in [6, 6.07) is 8.82. The number of benzene rings is 1. The van der Waals surface area contributed by atoms with Crippen molar-refractivity contribution in [3.05, 3.63) is 35.9 Å². The fourth-order valence-electron chi connectivity index (χ4n) is 1.44. The lowest BCUT2D eigenvalue weighted by atomic mass is 9.96. The predicted octanol–water partition coefficient (Wildman–Crippen LogP) is 1.33. The molecule has 106 valence electrons. The molecule has 6 nitrogen and oxygen atoms in total. The molecule has 19 heavy (non-hydrogen) atoms. The average molecular weight is 307 g/mol. The third kappa shape index (κ3) is 4.38. The van der Waals surface area contributed by atoms with Crippen LogP contribution in [0, 0.1) is 0 Å². The van der Waals surface area contributed by atoms with Crippen molar-refractivity contribution in [2.45, 2.75) is 12.5 Å². The van der Waals surface area contributed by atoms with Crippen LogP contribution in [-0.4, -0.2) is 27.5 Å². The van der Waals surface area contributed by atoms with Crippen LogP contribution >= 0.6 is 11.6 Å². The molecule has 0 aromatic heterocycles. The van der Waals surface area contributed by atoms with E-state index in [1.165, 1.54) is 0 Å². The van der Waals surface area contributed by atoms with Gasteiger partial charge in [-0.2, -0.15) is 13.1 Å². The molecule has 0 spiro atoms. The zero-order valence-corrected chi connectivity index (χ0v) is 12.1. The molecule has 0 aliphatic heterocycles. The standard InChI is InChI=1S/C11H15ClN2O4S/c1-11(8-12,9-6-4-3-5-7-9)14-19(16,17)13-10(15)18-2/h3-7,14H,8H2,1-2H3,(H,13,15). The molecule has 1 aromatic rings. The molecule has 1 unspecified atom stereocenters. The van der Waals surface area contributed by atoms with E-state index >= 15 is 0 Å². The zero-order chi connectivity index (χ0) is 14.5. The molecule has 0 radical (unpaired) electrons. The summed E-state index contributed by atoms with van der Waals surface area (Å²) < 4.78 is 31.8. The van der Waals surface area contributed by atoms with Crippen LogP contribution in [0.3, 0.4) is 0 Å². The average Bonchev–Trinajstić information content (AvgIpc) is 2.38. The van der Waals surface area contributed by atoms with Gasteiger partial charge in [0.15, 0.2) is 0 Å². The Balaban J connectivity index is 2.96. The van der Waals surface area contributed by atoms with E-state index in [0.29, 0.717) is 5.56 Å². The van der Waals surface area contributed by atoms with E-state index in [0.717, 1.165) is 7.11 Å². The van der Waals surface area contributed by atoms with Crippen LogP contribution in [0.4, 0.5) is 4.79 Å². The fraction of sp³-hybridized carbons (Fsp3) is 0.364. The molecule has 2 N–H and O–H groups in total. The smallest absolute Gasteiger partial charge is 0.421 e. The quantitative estimate of drug-likeness (QED) is 0.804. The molecule has 1 amide bonds. The molecule has 0 saturated carbocycles. The Morgan fingerprint density at radius 1 is 1.37 bits per heavy atom. The van der Waals surface area contributed by atoms with Crippen LogP contribution in [0.5, 0.6) is 0 Å². The SMILES string of the molecule is COC(=O)NS(=O)(=O)NC(C)(CCl)c1ccccc1. The second-order valence-electron chi connectivity index (χ2n) is 4.03. The summed E-state index contributed by atoms with van der Waals surface area (Å²) in [7, 11) is -3.00. The first-order chi connectivity index (χ1) is 8.83. The molecule has 8 heteroatoms. The Hall–Kier alpha value is -1.31. The molecular weight excluding hydrogens is 292 g/mol. The number of methoxy groups -OCH3 is 1. The Morgan fingerprint density at radius 3 is 2.42 bits per heavy atom. The Morgan fingerprint density at radius 2 is 1.95 bits per heavy atom. The Labute approximate surface area is 117 Å². The van der Waals surface area contributed by atoms with E-state index < -0.39 is 21.8 Å². The van der Waals surface area contributed by atoms with Gasteiger partial charge < -0.3 is 4.74 Å². The molecule has 0 heterocycles. The number of nitrogens with one attached hydrogen (secondary N) is 2. The van der Waals surface area contributed by atoms with Gasteiger partial charge in [-0.1, -0.05) is 30.3 Å². The minimum absolute atomic E-state index is 0.000897. The highest BCUT2D eigenvalue weighted by molar-refractivity contribution is 7.88. The number of alkyl halides is 1. The first kappa shape index (κ1) is 15.7. The lowest BCUT2D eigenvalue weighted by molar-refractivity contribution is 0.177. The molecule has 1 atom stereocenters. The number of amides is 1. The number of rotatable bonds is 5. The van der Waals surface area contributed by atoms with E-state index in [4.69, 9.17) is 11.6 Å². The maximum absolute atomic E-state index is 11.8. The summed E-state index contributed by atoms with van der Waals surface area (Å²) in [5.41, 5.74) is -0.358. The molecule has 0 fully saturated rings. The summed E-state index contributed by atoms with van der Waals surface area (Å²) in [6.07, 6.45) is -1.07. The van der Waals surface area contributed by atoms with E-state index in [2.05, 4.69) is 9.46 Å². The second kappa shape index (κ2) is 6.23. The number of carbonyl (C=O) groups excluding carboxylic acids is 1. The Kier molecular flexibility index (Phi) is 5.16. The summed E-state index contributed by atoms with van der Waals surface area (Å²) in [4.78, 5) is 11.0. The van der Waals surface area contributed by atoms with Gasteiger partial charge in [-0.05, 0) is 12.5 Å². The zero-order valence-electron chi connectivity index (χ0n) is 10.5. The number of carbonyl (C=O) groups is 1. The minimum Gasteiger partial charge on any atom is -0.452 e. The summed E-state index contributed by atoms with van der Waals surface area (Å²) in [5.74, 6) is -0.000897. The molecule has 1 aromatic carbocycles. The van der Waals surface area contributed by atoms with Gasteiger partial charge in [-0.15, -0.1) is 11.6 Å². The highest BCUT2D eigenvalue weighted by Crippen LogP contribution is 2.22. The molecular formula is C11H15ClN2O4S. The number of hydrogen-bond acceptors (Lipinski definition) is 4. The number of hydrogen-bond donors (Lipinski definition) is 2. The summed E-state index contributed by atoms with van der Waals surface area (Å²) >= 11 is 5.85. The maximum atomic E-state index is 11.8. The molecule has 0 saturated heterocycles. The van der Waals surface area contributed by atoms with Crippen molar-refractivity contribution in [1.29, 1.82) is 0 Å². The maximum Gasteiger partial charge on any atom is 0.421 e. The monoisotopic (exact) mass is 306 g/mol. The van der Waals surface area contributed by atoms with Gasteiger partial charge in [-0.25, -0.2) is 9.52 Å². The lowest BCUT2D eigenvalue weighted by Gasteiger charge is -2.28. The molecule has 0 bridgehead atoms. The predicted molar refractivity (Wildman–Crippen MR) is 72.1 cm³/mol. The normalized spacial score (nSPS) is 14.5. The van der Waals surface area contributed by atoms with Gasteiger partial charge in [-0.3, -0.25) is 0 Å². The lowest BCUT2D eigenvalue weighted by Crippen LogP contribution is -2.51. The Bertz CT molecular complexity index is 535. The largest absolute Gasteiger partial charge is 0.452 e. The van der Waals surface area contributed by atoms with Crippen LogP contribution in [0.1, 0.15) is 12.5 Å². The summed E-state index contributed by atoms with van der Waals surface area (Å²) in [6.45, 7) is 1.62. The van der Waals surface area contributed by atoms with E-state index in [-0.39, 0.29) is 5.88 Å².